The average Bonchev–Trinajstić information content (AvgIpc) is 2.68. The predicted octanol–water partition coefficient (Wildman–Crippen LogP) is 4.07. The number of carbonyl (C=O) groups is 1. The Morgan fingerprint density at radius 2 is 1.90 bits per heavy atom. The summed E-state index contributed by atoms with van der Waals surface area (Å²) in [6.45, 7) is 3.39. The smallest absolute Gasteiger partial charge is 0.255 e. The third-order valence-electron chi connectivity index (χ3n) is 4.27. The van der Waals surface area contributed by atoms with Crippen LogP contribution in [0.25, 0.3) is 0 Å². The second-order valence-corrected chi connectivity index (χ2v) is 7.81. The summed E-state index contributed by atoms with van der Waals surface area (Å²) in [7, 11) is 0. The highest BCUT2D eigenvalue weighted by Crippen LogP contribution is 2.22. The largest absolute Gasteiger partial charge is 0.325 e. The Hall–Kier alpha value is -3.00. The number of nitrogens with zero attached hydrogens (tertiary/aromatic N) is 1. The van der Waals surface area contributed by atoms with Crippen LogP contribution >= 0.6 is 11.8 Å². The summed E-state index contributed by atoms with van der Waals surface area (Å²) in [5.74, 6) is -2.45. The molecule has 3 rings (SSSR count). The van der Waals surface area contributed by atoms with E-state index in [-0.39, 0.29) is 11.2 Å². The van der Waals surface area contributed by atoms with Crippen LogP contribution in [0.3, 0.4) is 0 Å². The van der Waals surface area contributed by atoms with Gasteiger partial charge in [-0.3, -0.25) is 9.59 Å². The van der Waals surface area contributed by atoms with E-state index in [1.807, 2.05) is 30.3 Å². The summed E-state index contributed by atoms with van der Waals surface area (Å²) in [5.41, 5.74) is 2.06. The van der Waals surface area contributed by atoms with E-state index in [0.29, 0.717) is 22.8 Å². The highest BCUT2D eigenvalue weighted by atomic mass is 32.2. The molecular formula is C21H19F2N3O2S. The number of hydrogen-bond donors (Lipinski definition) is 2. The first kappa shape index (κ1) is 20.7. The number of amides is 1. The molecule has 0 radical (unpaired) electrons. The summed E-state index contributed by atoms with van der Waals surface area (Å²) in [6.07, 6.45) is 0.464. The van der Waals surface area contributed by atoms with Crippen molar-refractivity contribution in [3.05, 3.63) is 87.3 Å². The fraction of sp³-hybridized carbons (Fsp3) is 0.190. The van der Waals surface area contributed by atoms with Crippen LogP contribution in [0.15, 0.2) is 58.5 Å². The van der Waals surface area contributed by atoms with Crippen molar-refractivity contribution in [1.82, 2.24) is 9.97 Å². The zero-order valence-corrected chi connectivity index (χ0v) is 16.6. The van der Waals surface area contributed by atoms with Gasteiger partial charge < -0.3 is 10.3 Å². The lowest BCUT2D eigenvalue weighted by atomic mass is 10.1. The summed E-state index contributed by atoms with van der Waals surface area (Å²) >= 11 is 1.08. The molecule has 1 aromatic heterocycles. The molecule has 0 aliphatic carbocycles. The molecule has 5 nitrogen and oxygen atoms in total. The Morgan fingerprint density at radius 3 is 2.55 bits per heavy atom. The number of aromatic amines is 1. The zero-order valence-electron chi connectivity index (χ0n) is 15.8. The predicted molar refractivity (Wildman–Crippen MR) is 109 cm³/mol. The fourth-order valence-corrected chi connectivity index (χ4v) is 3.53. The standard InChI is InChI=1S/C21H19F2N3O2S/c1-12-16(10-14-6-4-3-5-7-14)20(28)26-21(24-12)29-13(2)19(27)25-15-8-9-17(22)18(23)11-15/h3-9,11,13H,10H2,1-2H3,(H,25,27)(H,24,26,28). The molecule has 1 heterocycles. The van der Waals surface area contributed by atoms with Crippen LogP contribution in [0.1, 0.15) is 23.7 Å². The van der Waals surface area contributed by atoms with Crippen molar-refractivity contribution in [2.45, 2.75) is 30.7 Å². The number of aryl methyl sites for hydroxylation is 1. The van der Waals surface area contributed by atoms with Gasteiger partial charge in [-0.05, 0) is 31.5 Å². The highest BCUT2D eigenvalue weighted by molar-refractivity contribution is 8.00. The van der Waals surface area contributed by atoms with Gasteiger partial charge in [0.15, 0.2) is 16.8 Å². The van der Waals surface area contributed by atoms with Crippen LogP contribution in [0, 0.1) is 18.6 Å². The molecule has 0 fully saturated rings. The Balaban J connectivity index is 1.69. The van der Waals surface area contributed by atoms with E-state index < -0.39 is 22.8 Å². The number of nitrogens with one attached hydrogen (secondary N) is 2. The molecule has 8 heteroatoms. The molecule has 2 N–H and O–H groups in total. The molecule has 1 amide bonds. The molecule has 150 valence electrons. The Kier molecular flexibility index (Phi) is 6.43. The first-order valence-electron chi connectivity index (χ1n) is 8.90. The van der Waals surface area contributed by atoms with Gasteiger partial charge in [-0.25, -0.2) is 13.8 Å². The molecule has 0 bridgehead atoms. The molecule has 0 spiro atoms. The number of H-pyrrole nitrogens is 1. The van der Waals surface area contributed by atoms with Gasteiger partial charge in [-0.15, -0.1) is 0 Å². The van der Waals surface area contributed by atoms with Gasteiger partial charge in [0, 0.05) is 29.4 Å². The van der Waals surface area contributed by atoms with Crippen molar-refractivity contribution in [1.29, 1.82) is 0 Å². The van der Waals surface area contributed by atoms with E-state index in [1.165, 1.54) is 6.07 Å². The lowest BCUT2D eigenvalue weighted by Gasteiger charge is -2.13. The Bertz CT molecular complexity index is 1090. The van der Waals surface area contributed by atoms with Crippen molar-refractivity contribution in [3.63, 3.8) is 0 Å². The van der Waals surface area contributed by atoms with Gasteiger partial charge in [-0.2, -0.15) is 0 Å². The molecule has 0 aliphatic rings. The van der Waals surface area contributed by atoms with Gasteiger partial charge in [0.2, 0.25) is 5.91 Å². The molecule has 0 saturated heterocycles. The van der Waals surface area contributed by atoms with Crippen LogP contribution < -0.4 is 10.9 Å². The van der Waals surface area contributed by atoms with Crippen LogP contribution in [-0.2, 0) is 11.2 Å². The maximum absolute atomic E-state index is 13.3. The summed E-state index contributed by atoms with van der Waals surface area (Å²) in [5, 5.41) is 2.21. The molecule has 2 aromatic carbocycles. The molecule has 3 aromatic rings. The van der Waals surface area contributed by atoms with Crippen LogP contribution in [0.2, 0.25) is 0 Å². The second-order valence-electron chi connectivity index (χ2n) is 6.48. The normalized spacial score (nSPS) is 11.9. The van der Waals surface area contributed by atoms with Crippen LogP contribution in [-0.4, -0.2) is 21.1 Å². The van der Waals surface area contributed by atoms with Crippen molar-refractivity contribution < 1.29 is 13.6 Å². The van der Waals surface area contributed by atoms with Crippen molar-refractivity contribution in [2.24, 2.45) is 0 Å². The maximum Gasteiger partial charge on any atom is 0.255 e. The van der Waals surface area contributed by atoms with E-state index in [0.717, 1.165) is 29.5 Å². The first-order chi connectivity index (χ1) is 13.8. The van der Waals surface area contributed by atoms with E-state index in [2.05, 4.69) is 15.3 Å². The molecule has 29 heavy (non-hydrogen) atoms. The first-order valence-corrected chi connectivity index (χ1v) is 9.77. The number of thioether (sulfide) groups is 1. The molecule has 0 aliphatic heterocycles. The van der Waals surface area contributed by atoms with E-state index >= 15 is 0 Å². The van der Waals surface area contributed by atoms with Crippen LogP contribution in [0.5, 0.6) is 0 Å². The molecular weight excluding hydrogens is 396 g/mol. The number of aromatic nitrogens is 2. The SMILES string of the molecule is Cc1nc(SC(C)C(=O)Nc2ccc(F)c(F)c2)[nH]c(=O)c1Cc1ccccc1. The number of anilines is 1. The quantitative estimate of drug-likeness (QED) is 0.470. The molecule has 1 unspecified atom stereocenters. The summed E-state index contributed by atoms with van der Waals surface area (Å²) in [4.78, 5) is 31.9. The van der Waals surface area contributed by atoms with Gasteiger partial charge in [0.1, 0.15) is 0 Å². The fourth-order valence-electron chi connectivity index (χ4n) is 2.69. The van der Waals surface area contributed by atoms with Gasteiger partial charge in [0.05, 0.1) is 5.25 Å². The number of halogens is 2. The lowest BCUT2D eigenvalue weighted by molar-refractivity contribution is -0.115. The van der Waals surface area contributed by atoms with Gasteiger partial charge >= 0.3 is 0 Å². The number of carbonyl (C=O) groups excluding carboxylic acids is 1. The van der Waals surface area contributed by atoms with Gasteiger partial charge in [-0.1, -0.05) is 42.1 Å². The van der Waals surface area contributed by atoms with E-state index in [1.54, 1.807) is 13.8 Å². The van der Waals surface area contributed by atoms with E-state index in [9.17, 15) is 18.4 Å². The minimum absolute atomic E-state index is 0.150. The maximum atomic E-state index is 13.3. The van der Waals surface area contributed by atoms with Gasteiger partial charge in [0.25, 0.3) is 5.56 Å². The number of hydrogen-bond acceptors (Lipinski definition) is 4. The minimum Gasteiger partial charge on any atom is -0.325 e. The zero-order chi connectivity index (χ0) is 21.0. The number of benzene rings is 2. The monoisotopic (exact) mass is 415 g/mol. The van der Waals surface area contributed by atoms with Crippen LogP contribution in [0.4, 0.5) is 14.5 Å². The molecule has 1 atom stereocenters. The second kappa shape index (κ2) is 9.00. The average molecular weight is 415 g/mol. The summed E-state index contributed by atoms with van der Waals surface area (Å²) in [6, 6.07) is 12.7. The Labute approximate surface area is 170 Å². The van der Waals surface area contributed by atoms with E-state index in [4.69, 9.17) is 0 Å². The highest BCUT2D eigenvalue weighted by Gasteiger charge is 2.18. The third kappa shape index (κ3) is 5.29. The van der Waals surface area contributed by atoms with Crippen molar-refractivity contribution in [3.8, 4) is 0 Å². The topological polar surface area (TPSA) is 74.8 Å². The number of rotatable bonds is 6. The van der Waals surface area contributed by atoms with Crippen molar-refractivity contribution in [2.75, 3.05) is 5.32 Å². The summed E-state index contributed by atoms with van der Waals surface area (Å²) < 4.78 is 26.3. The Morgan fingerprint density at radius 1 is 1.17 bits per heavy atom. The lowest BCUT2D eigenvalue weighted by Crippen LogP contribution is -2.24. The van der Waals surface area contributed by atoms with Crippen molar-refractivity contribution >= 4 is 23.4 Å². The third-order valence-corrected chi connectivity index (χ3v) is 5.25. The minimum atomic E-state index is -1.04. The molecule has 0 saturated carbocycles.